The van der Waals surface area contributed by atoms with E-state index in [1.165, 1.54) is 6.26 Å². The van der Waals surface area contributed by atoms with E-state index in [0.717, 1.165) is 33.6 Å². The molecular weight excluding hydrogens is 400 g/mol. The zero-order chi connectivity index (χ0) is 21.0. The topological polar surface area (TPSA) is 88.1 Å². The predicted octanol–water partition coefficient (Wildman–Crippen LogP) is 3.12. The molecule has 0 fully saturated rings. The van der Waals surface area contributed by atoms with Crippen LogP contribution in [-0.4, -0.2) is 29.2 Å². The highest BCUT2D eigenvalue weighted by Gasteiger charge is 2.26. The number of fused-ring (bicyclic) bond motifs is 2. The van der Waals surface area contributed by atoms with E-state index in [1.807, 2.05) is 48.8 Å². The highest BCUT2D eigenvalue weighted by Crippen LogP contribution is 2.43. The zero-order valence-corrected chi connectivity index (χ0v) is 17.4. The second kappa shape index (κ2) is 6.56. The van der Waals surface area contributed by atoms with Crippen molar-refractivity contribution < 1.29 is 8.42 Å². The summed E-state index contributed by atoms with van der Waals surface area (Å²) in [6.45, 7) is 0.537. The number of nitrogens with one attached hydrogen (secondary N) is 1. The number of H-pyrrole nitrogens is 1. The highest BCUT2D eigenvalue weighted by molar-refractivity contribution is 7.89. The Balaban J connectivity index is 1.84. The van der Waals surface area contributed by atoms with Gasteiger partial charge in [-0.2, -0.15) is 0 Å². The van der Waals surface area contributed by atoms with E-state index < -0.39 is 9.84 Å². The van der Waals surface area contributed by atoms with Crippen molar-refractivity contribution in [3.05, 3.63) is 76.5 Å². The van der Waals surface area contributed by atoms with Crippen LogP contribution in [0.1, 0.15) is 11.1 Å². The fourth-order valence-corrected chi connectivity index (χ4v) is 4.95. The Morgan fingerprint density at radius 2 is 2.00 bits per heavy atom. The molecule has 0 radical (unpaired) electrons. The molecule has 0 spiro atoms. The van der Waals surface area contributed by atoms with Crippen molar-refractivity contribution in [2.75, 3.05) is 11.2 Å². The van der Waals surface area contributed by atoms with Crippen LogP contribution in [0.4, 0.5) is 11.5 Å². The van der Waals surface area contributed by atoms with Crippen LogP contribution in [0.2, 0.25) is 0 Å². The van der Waals surface area contributed by atoms with Gasteiger partial charge >= 0.3 is 0 Å². The first kappa shape index (κ1) is 18.6. The minimum atomic E-state index is -3.18. The summed E-state index contributed by atoms with van der Waals surface area (Å²) in [6, 6.07) is 11.4. The molecule has 152 valence electrons. The number of hydrogen-bond acceptors (Lipinski definition) is 5. The monoisotopic (exact) mass is 420 g/mol. The van der Waals surface area contributed by atoms with Gasteiger partial charge in [0.15, 0.2) is 9.84 Å². The summed E-state index contributed by atoms with van der Waals surface area (Å²) in [6.07, 6.45) is 6.67. The number of rotatable bonds is 3. The molecule has 8 heteroatoms. The number of anilines is 2. The first-order valence-electron chi connectivity index (χ1n) is 9.51. The number of benzene rings is 1. The van der Waals surface area contributed by atoms with Crippen LogP contribution in [0.5, 0.6) is 0 Å². The molecule has 0 saturated carbocycles. The molecule has 30 heavy (non-hydrogen) atoms. The number of aromatic amines is 1. The molecule has 1 N–H and O–H groups in total. The predicted molar refractivity (Wildman–Crippen MR) is 118 cm³/mol. The van der Waals surface area contributed by atoms with Gasteiger partial charge < -0.3 is 14.5 Å². The van der Waals surface area contributed by atoms with Gasteiger partial charge in [-0.25, -0.2) is 13.4 Å². The van der Waals surface area contributed by atoms with Crippen LogP contribution in [0.15, 0.2) is 59.8 Å². The fraction of sp³-hybridized carbons (Fsp3) is 0.182. The molecule has 7 nitrogen and oxygen atoms in total. The standard InChI is InChI=1S/C22H20N4O3S/c1-25-12-17-16-9-14(13-30(2,28)29)6-7-18(16)26(19-5-3-4-8-23-19)11-15-10-24-21(20(15)17)22(25)27/h3-10,12,24H,11,13H2,1-2H3. The van der Waals surface area contributed by atoms with Crippen molar-refractivity contribution in [2.45, 2.75) is 12.3 Å². The maximum atomic E-state index is 12.7. The summed E-state index contributed by atoms with van der Waals surface area (Å²) < 4.78 is 25.4. The van der Waals surface area contributed by atoms with Gasteiger partial charge in [-0.1, -0.05) is 12.1 Å². The van der Waals surface area contributed by atoms with Gasteiger partial charge in [-0.05, 0) is 35.4 Å². The molecule has 4 aromatic rings. The van der Waals surface area contributed by atoms with Crippen LogP contribution in [-0.2, 0) is 29.2 Å². The molecular formula is C22H20N4O3S. The Kier molecular flexibility index (Phi) is 4.08. The van der Waals surface area contributed by atoms with Crippen molar-refractivity contribution in [3.63, 3.8) is 0 Å². The van der Waals surface area contributed by atoms with Crippen LogP contribution in [0.3, 0.4) is 0 Å². The lowest BCUT2D eigenvalue weighted by Crippen LogP contribution is -2.17. The van der Waals surface area contributed by atoms with Gasteiger partial charge in [-0.3, -0.25) is 4.79 Å². The first-order valence-corrected chi connectivity index (χ1v) is 11.6. The zero-order valence-electron chi connectivity index (χ0n) is 16.6. The fourth-order valence-electron chi connectivity index (χ4n) is 4.16. The second-order valence-electron chi connectivity index (χ2n) is 7.72. The molecule has 0 aliphatic carbocycles. The Morgan fingerprint density at radius 3 is 2.73 bits per heavy atom. The largest absolute Gasteiger partial charge is 0.356 e. The third-order valence-corrected chi connectivity index (χ3v) is 6.27. The van der Waals surface area contributed by atoms with E-state index in [4.69, 9.17) is 0 Å². The summed E-state index contributed by atoms with van der Waals surface area (Å²) in [5.74, 6) is 0.738. The molecule has 0 saturated heterocycles. The number of pyridine rings is 2. The average molecular weight is 420 g/mol. The average Bonchev–Trinajstić information content (AvgIpc) is 3.07. The van der Waals surface area contributed by atoms with E-state index in [2.05, 4.69) is 14.9 Å². The number of aryl methyl sites for hydroxylation is 1. The summed E-state index contributed by atoms with van der Waals surface area (Å²) in [5.41, 5.74) is 4.84. The van der Waals surface area contributed by atoms with Crippen LogP contribution >= 0.6 is 0 Å². The quantitative estimate of drug-likeness (QED) is 0.550. The van der Waals surface area contributed by atoms with Crippen LogP contribution < -0.4 is 10.5 Å². The smallest absolute Gasteiger partial charge is 0.274 e. The van der Waals surface area contributed by atoms with E-state index in [-0.39, 0.29) is 11.3 Å². The minimum absolute atomic E-state index is 0.0429. The van der Waals surface area contributed by atoms with Crippen LogP contribution in [0.25, 0.3) is 22.0 Å². The van der Waals surface area contributed by atoms with E-state index in [1.54, 1.807) is 17.8 Å². The second-order valence-corrected chi connectivity index (χ2v) is 9.86. The van der Waals surface area contributed by atoms with E-state index in [0.29, 0.717) is 17.6 Å². The summed E-state index contributed by atoms with van der Waals surface area (Å²) >= 11 is 0. The van der Waals surface area contributed by atoms with Gasteiger partial charge in [0.1, 0.15) is 11.3 Å². The third kappa shape index (κ3) is 3.00. The Bertz CT molecular complexity index is 1450. The lowest BCUT2D eigenvalue weighted by molar-refractivity contribution is 0.601. The van der Waals surface area contributed by atoms with Crippen molar-refractivity contribution in [1.29, 1.82) is 0 Å². The Morgan fingerprint density at radius 1 is 1.17 bits per heavy atom. The van der Waals surface area contributed by atoms with Gasteiger partial charge in [0.05, 0.1) is 18.0 Å². The van der Waals surface area contributed by atoms with Gasteiger partial charge in [-0.15, -0.1) is 0 Å². The molecule has 1 aliphatic heterocycles. The van der Waals surface area contributed by atoms with E-state index in [9.17, 15) is 13.2 Å². The van der Waals surface area contributed by atoms with E-state index >= 15 is 0 Å². The molecule has 0 unspecified atom stereocenters. The maximum absolute atomic E-state index is 12.7. The molecule has 1 aromatic carbocycles. The molecule has 5 rings (SSSR count). The Labute approximate surface area is 173 Å². The highest BCUT2D eigenvalue weighted by atomic mass is 32.2. The van der Waals surface area contributed by atoms with Crippen molar-refractivity contribution in [3.8, 4) is 11.1 Å². The molecule has 3 aromatic heterocycles. The molecule has 4 heterocycles. The van der Waals surface area contributed by atoms with Crippen molar-refractivity contribution >= 4 is 32.2 Å². The Hall–Kier alpha value is -3.39. The lowest BCUT2D eigenvalue weighted by Gasteiger charge is -2.24. The van der Waals surface area contributed by atoms with Gasteiger partial charge in [0, 0.05) is 48.4 Å². The normalized spacial score (nSPS) is 13.3. The molecule has 1 aliphatic rings. The first-order chi connectivity index (χ1) is 14.3. The number of hydrogen-bond donors (Lipinski definition) is 1. The number of sulfone groups is 1. The van der Waals surface area contributed by atoms with Crippen molar-refractivity contribution in [2.24, 2.45) is 7.05 Å². The maximum Gasteiger partial charge on any atom is 0.274 e. The lowest BCUT2D eigenvalue weighted by atomic mass is 9.99. The summed E-state index contributed by atoms with van der Waals surface area (Å²) in [4.78, 5) is 22.4. The van der Waals surface area contributed by atoms with Gasteiger partial charge in [0.25, 0.3) is 5.56 Å². The summed E-state index contributed by atoms with van der Waals surface area (Å²) in [5, 5.41) is 0.870. The SMILES string of the molecule is Cn1cc2c3c(c[nH]c3c1=O)CN(c1ccccn1)c1ccc(CS(C)(=O)=O)cc1-2. The molecule has 0 bridgehead atoms. The van der Waals surface area contributed by atoms with Crippen LogP contribution in [0, 0.1) is 0 Å². The number of aromatic nitrogens is 3. The molecule has 0 atom stereocenters. The summed E-state index contributed by atoms with van der Waals surface area (Å²) in [7, 11) is -1.46. The van der Waals surface area contributed by atoms with Crippen molar-refractivity contribution in [1.82, 2.24) is 14.5 Å². The molecule has 0 amide bonds. The van der Waals surface area contributed by atoms with Gasteiger partial charge in [0.2, 0.25) is 0 Å². The minimum Gasteiger partial charge on any atom is -0.356 e. The third-order valence-electron chi connectivity index (χ3n) is 5.41. The number of nitrogens with zero attached hydrogens (tertiary/aromatic N) is 3.